The Kier molecular flexibility index (Phi) is 5.44. The number of nitrogens with zero attached hydrogens (tertiary/aromatic N) is 2. The maximum absolute atomic E-state index is 13.6. The molecule has 0 spiro atoms. The van der Waals surface area contributed by atoms with Crippen LogP contribution in [0.1, 0.15) is 27.5 Å². The van der Waals surface area contributed by atoms with Gasteiger partial charge in [0.1, 0.15) is 6.04 Å². The lowest BCUT2D eigenvalue weighted by Crippen LogP contribution is -2.45. The van der Waals surface area contributed by atoms with Crippen molar-refractivity contribution in [3.63, 3.8) is 0 Å². The number of sulfonamides is 1. The molecule has 10 nitrogen and oxygen atoms in total. The van der Waals surface area contributed by atoms with Crippen molar-refractivity contribution in [2.24, 2.45) is 5.14 Å². The molecular formula is C22H18N4O6S. The molecule has 1 unspecified atom stereocenters. The number of fused-ring (bicyclic) bond motifs is 1. The second kappa shape index (κ2) is 8.11. The number of hydrogen-bond acceptors (Lipinski definition) is 6. The summed E-state index contributed by atoms with van der Waals surface area (Å²) in [6, 6.07) is 15.3. The molecule has 0 saturated heterocycles. The van der Waals surface area contributed by atoms with Crippen molar-refractivity contribution in [3.8, 4) is 0 Å². The van der Waals surface area contributed by atoms with Crippen LogP contribution in [0, 0.1) is 17.0 Å². The number of rotatable bonds is 4. The summed E-state index contributed by atoms with van der Waals surface area (Å²) in [6.45, 7) is 1.51. The summed E-state index contributed by atoms with van der Waals surface area (Å²) < 4.78 is 23.6. The van der Waals surface area contributed by atoms with E-state index in [0.29, 0.717) is 5.56 Å². The zero-order valence-corrected chi connectivity index (χ0v) is 18.1. The highest BCUT2D eigenvalue weighted by Gasteiger charge is 2.39. The van der Waals surface area contributed by atoms with E-state index in [9.17, 15) is 28.1 Å². The Hall–Kier alpha value is -4.09. The van der Waals surface area contributed by atoms with Gasteiger partial charge in [0.25, 0.3) is 17.5 Å². The third kappa shape index (κ3) is 4.06. The van der Waals surface area contributed by atoms with Crippen LogP contribution in [0.4, 0.5) is 17.1 Å². The quantitative estimate of drug-likeness (QED) is 0.445. The zero-order chi connectivity index (χ0) is 23.9. The first-order valence-electron chi connectivity index (χ1n) is 9.69. The Morgan fingerprint density at radius 1 is 1.09 bits per heavy atom. The fourth-order valence-corrected chi connectivity index (χ4v) is 4.29. The van der Waals surface area contributed by atoms with Crippen LogP contribution in [0.3, 0.4) is 0 Å². The Bertz CT molecular complexity index is 1410. The number of hydrogen-bond donors (Lipinski definition) is 2. The molecular weight excluding hydrogens is 448 g/mol. The van der Waals surface area contributed by atoms with E-state index in [4.69, 9.17) is 5.14 Å². The molecule has 2 amide bonds. The Morgan fingerprint density at radius 3 is 2.39 bits per heavy atom. The largest absolute Gasteiger partial charge is 0.322 e. The van der Waals surface area contributed by atoms with Crippen molar-refractivity contribution < 1.29 is 22.9 Å². The first-order chi connectivity index (χ1) is 15.6. The predicted octanol–water partition coefficient (Wildman–Crippen LogP) is 2.89. The van der Waals surface area contributed by atoms with Crippen LogP contribution in [0.2, 0.25) is 0 Å². The standard InChI is InChI=1S/C22H18N4O6S/c1-13-11-15(7-9-18(13)26(29)30)22(28)25-19-10-8-16(33(23,31)32)12-17(19)24-21(27)20(25)14-5-3-2-4-6-14/h2-12,20H,1H3,(H,24,27)(H2,23,31,32). The van der Waals surface area contributed by atoms with Crippen LogP contribution in [0.5, 0.6) is 0 Å². The van der Waals surface area contributed by atoms with Crippen molar-refractivity contribution in [2.75, 3.05) is 10.2 Å². The molecule has 1 atom stereocenters. The van der Waals surface area contributed by atoms with Gasteiger partial charge in [-0.1, -0.05) is 30.3 Å². The number of nitrogens with one attached hydrogen (secondary N) is 1. The minimum Gasteiger partial charge on any atom is -0.322 e. The summed E-state index contributed by atoms with van der Waals surface area (Å²) in [5.41, 5.74) is 1.18. The summed E-state index contributed by atoms with van der Waals surface area (Å²) in [6.07, 6.45) is 0. The maximum Gasteiger partial charge on any atom is 0.272 e. The number of primary sulfonamides is 1. The van der Waals surface area contributed by atoms with Gasteiger partial charge in [0.05, 0.1) is 21.2 Å². The molecule has 0 bridgehead atoms. The van der Waals surface area contributed by atoms with E-state index in [0.717, 1.165) is 0 Å². The highest BCUT2D eigenvalue weighted by atomic mass is 32.2. The maximum atomic E-state index is 13.6. The topological polar surface area (TPSA) is 153 Å². The van der Waals surface area contributed by atoms with Crippen molar-refractivity contribution >= 4 is 38.9 Å². The van der Waals surface area contributed by atoms with E-state index >= 15 is 0 Å². The minimum atomic E-state index is -4.05. The molecule has 1 heterocycles. The highest BCUT2D eigenvalue weighted by Crippen LogP contribution is 2.40. The smallest absolute Gasteiger partial charge is 0.272 e. The number of nitro groups is 1. The van der Waals surface area contributed by atoms with E-state index in [2.05, 4.69) is 5.32 Å². The molecule has 0 aromatic heterocycles. The van der Waals surface area contributed by atoms with Crippen molar-refractivity contribution in [1.82, 2.24) is 0 Å². The van der Waals surface area contributed by atoms with Crippen LogP contribution in [0.15, 0.2) is 71.6 Å². The summed E-state index contributed by atoms with van der Waals surface area (Å²) in [7, 11) is -4.05. The fourth-order valence-electron chi connectivity index (χ4n) is 3.75. The fraction of sp³-hybridized carbons (Fsp3) is 0.0909. The lowest BCUT2D eigenvalue weighted by molar-refractivity contribution is -0.385. The molecule has 0 fully saturated rings. The van der Waals surface area contributed by atoms with Gasteiger partial charge in [-0.3, -0.25) is 24.6 Å². The van der Waals surface area contributed by atoms with Crippen LogP contribution >= 0.6 is 0 Å². The molecule has 0 saturated carbocycles. The van der Waals surface area contributed by atoms with E-state index in [-0.39, 0.29) is 33.1 Å². The van der Waals surface area contributed by atoms with Crippen LogP contribution in [-0.2, 0) is 14.8 Å². The van der Waals surface area contributed by atoms with Crippen LogP contribution in [-0.4, -0.2) is 25.2 Å². The van der Waals surface area contributed by atoms with Crippen LogP contribution < -0.4 is 15.4 Å². The first kappa shape index (κ1) is 22.1. The van der Waals surface area contributed by atoms with Crippen molar-refractivity contribution in [3.05, 3.63) is 93.5 Å². The number of carbonyl (C=O) groups excluding carboxylic acids is 2. The van der Waals surface area contributed by atoms with E-state index < -0.39 is 32.8 Å². The molecule has 11 heteroatoms. The number of nitro benzene ring substituents is 1. The Balaban J connectivity index is 1.89. The second-order valence-corrected chi connectivity index (χ2v) is 9.02. The average Bonchev–Trinajstić information content (AvgIpc) is 2.77. The van der Waals surface area contributed by atoms with Gasteiger partial charge >= 0.3 is 0 Å². The van der Waals surface area contributed by atoms with Gasteiger partial charge in [-0.2, -0.15) is 0 Å². The van der Waals surface area contributed by atoms with Crippen LogP contribution in [0.25, 0.3) is 0 Å². The summed E-state index contributed by atoms with van der Waals surface area (Å²) in [5, 5.41) is 19.0. The first-order valence-corrected chi connectivity index (χ1v) is 11.2. The Labute approximate surface area is 188 Å². The van der Waals surface area contributed by atoms with E-state index in [1.807, 2.05) is 0 Å². The van der Waals surface area contributed by atoms with Gasteiger partial charge in [-0.15, -0.1) is 0 Å². The second-order valence-electron chi connectivity index (χ2n) is 7.46. The highest BCUT2D eigenvalue weighted by molar-refractivity contribution is 7.89. The number of aryl methyl sites for hydroxylation is 1. The number of amides is 2. The van der Waals surface area contributed by atoms with Crippen molar-refractivity contribution in [1.29, 1.82) is 0 Å². The van der Waals surface area contributed by atoms with E-state index in [1.165, 1.54) is 48.2 Å². The number of nitrogens with two attached hydrogens (primary N) is 1. The zero-order valence-electron chi connectivity index (χ0n) is 17.3. The number of benzene rings is 3. The van der Waals surface area contributed by atoms with Gasteiger partial charge in [0, 0.05) is 17.2 Å². The van der Waals surface area contributed by atoms with Gasteiger partial charge in [0.2, 0.25) is 10.0 Å². The molecule has 3 aromatic rings. The minimum absolute atomic E-state index is 0.102. The molecule has 4 rings (SSSR count). The molecule has 1 aliphatic rings. The lowest BCUT2D eigenvalue weighted by Gasteiger charge is -2.37. The SMILES string of the molecule is Cc1cc(C(=O)N2c3ccc(S(N)(=O)=O)cc3NC(=O)C2c2ccccc2)ccc1[N+](=O)[O-]. The third-order valence-electron chi connectivity index (χ3n) is 5.30. The number of anilines is 2. The average molecular weight is 466 g/mol. The molecule has 33 heavy (non-hydrogen) atoms. The summed E-state index contributed by atoms with van der Waals surface area (Å²) >= 11 is 0. The van der Waals surface area contributed by atoms with Gasteiger partial charge < -0.3 is 5.32 Å². The predicted molar refractivity (Wildman–Crippen MR) is 120 cm³/mol. The normalized spacial score (nSPS) is 15.5. The molecule has 3 N–H and O–H groups in total. The summed E-state index contributed by atoms with van der Waals surface area (Å²) in [5.74, 6) is -1.13. The van der Waals surface area contributed by atoms with E-state index in [1.54, 1.807) is 30.3 Å². The Morgan fingerprint density at radius 2 is 1.79 bits per heavy atom. The third-order valence-corrected chi connectivity index (χ3v) is 6.21. The lowest BCUT2D eigenvalue weighted by atomic mass is 9.98. The molecule has 168 valence electrons. The molecule has 3 aromatic carbocycles. The number of carbonyl (C=O) groups is 2. The molecule has 0 aliphatic carbocycles. The van der Waals surface area contributed by atoms with Crippen molar-refractivity contribution in [2.45, 2.75) is 17.9 Å². The van der Waals surface area contributed by atoms with Gasteiger partial charge in [0.15, 0.2) is 0 Å². The van der Waals surface area contributed by atoms with Gasteiger partial charge in [-0.25, -0.2) is 13.6 Å². The van der Waals surface area contributed by atoms with Gasteiger partial charge in [-0.05, 0) is 42.8 Å². The monoisotopic (exact) mass is 466 g/mol. The molecule has 0 radical (unpaired) electrons. The summed E-state index contributed by atoms with van der Waals surface area (Å²) in [4.78, 5) is 38.4. The molecule has 1 aliphatic heterocycles.